The molecule has 2 aromatic heterocycles. The number of hydrogen-bond acceptors (Lipinski definition) is 5. The zero-order chi connectivity index (χ0) is 17.3. The molecule has 3 heterocycles. The Hall–Kier alpha value is -2.19. The van der Waals surface area contributed by atoms with E-state index in [2.05, 4.69) is 5.10 Å². The molecule has 2 atom stereocenters. The van der Waals surface area contributed by atoms with Gasteiger partial charge in [0, 0.05) is 36.0 Å². The van der Waals surface area contributed by atoms with E-state index < -0.39 is 17.2 Å². The van der Waals surface area contributed by atoms with Gasteiger partial charge in [0.05, 0.1) is 6.10 Å². The third-order valence-electron chi connectivity index (χ3n) is 4.35. The number of amides is 1. The van der Waals surface area contributed by atoms with Gasteiger partial charge in [0.1, 0.15) is 6.54 Å². The molecule has 128 valence electrons. The highest BCUT2D eigenvalue weighted by Gasteiger charge is 2.32. The molecule has 0 bridgehead atoms. The molecule has 7 nitrogen and oxygen atoms in total. The second kappa shape index (κ2) is 6.74. The largest absolute Gasteiger partial charge is 0.391 e. The number of thiophene rings is 1. The molecule has 8 heteroatoms. The Balaban J connectivity index is 1.68. The van der Waals surface area contributed by atoms with Crippen molar-refractivity contribution in [1.29, 1.82) is 0 Å². The minimum absolute atomic E-state index is 0.0355. The summed E-state index contributed by atoms with van der Waals surface area (Å²) in [6, 6.07) is 4.29. The number of aromatic nitrogens is 2. The summed E-state index contributed by atoms with van der Waals surface area (Å²) in [5.41, 5.74) is 0.291. The van der Waals surface area contributed by atoms with Crippen molar-refractivity contribution in [1.82, 2.24) is 14.7 Å². The summed E-state index contributed by atoms with van der Waals surface area (Å²) in [5.74, 6) is -0.257. The van der Waals surface area contributed by atoms with E-state index in [1.165, 1.54) is 4.88 Å². The van der Waals surface area contributed by atoms with Crippen molar-refractivity contribution >= 4 is 17.2 Å². The fourth-order valence-corrected chi connectivity index (χ4v) is 4.17. The molecule has 1 fully saturated rings. The molecule has 1 aliphatic heterocycles. The number of hydrogen-bond donors (Lipinski definition) is 2. The van der Waals surface area contributed by atoms with Crippen LogP contribution in [-0.4, -0.2) is 44.9 Å². The van der Waals surface area contributed by atoms with Gasteiger partial charge in [-0.05, 0) is 30.4 Å². The van der Waals surface area contributed by atoms with Crippen molar-refractivity contribution < 1.29 is 9.90 Å². The number of aliphatic hydroxyl groups excluding tert-OH is 1. The fraction of sp³-hybridized carbons (Fsp3) is 0.438. The van der Waals surface area contributed by atoms with Crippen molar-refractivity contribution in [2.75, 3.05) is 13.1 Å². The Morgan fingerprint density at radius 1 is 1.38 bits per heavy atom. The average Bonchev–Trinajstić information content (AvgIpc) is 2.96. The van der Waals surface area contributed by atoms with E-state index in [4.69, 9.17) is 0 Å². The van der Waals surface area contributed by atoms with E-state index in [1.807, 2.05) is 18.4 Å². The van der Waals surface area contributed by atoms with Crippen LogP contribution in [0.4, 0.5) is 0 Å². The van der Waals surface area contributed by atoms with Gasteiger partial charge in [-0.1, -0.05) is 0 Å². The van der Waals surface area contributed by atoms with Gasteiger partial charge in [0.25, 0.3) is 11.1 Å². The summed E-state index contributed by atoms with van der Waals surface area (Å²) >= 11 is 1.63. The molecular weight excluding hydrogens is 330 g/mol. The van der Waals surface area contributed by atoms with E-state index in [1.54, 1.807) is 16.2 Å². The summed E-state index contributed by atoms with van der Waals surface area (Å²) in [7, 11) is 0. The number of rotatable bonds is 3. The third kappa shape index (κ3) is 3.34. The van der Waals surface area contributed by atoms with Crippen LogP contribution >= 0.6 is 11.3 Å². The van der Waals surface area contributed by atoms with E-state index in [0.717, 1.165) is 22.4 Å². The number of aromatic amines is 1. The standard InChI is InChI=1S/C16H19N3O4S/c1-10-5-7-24-16(10)11-4-6-18(8-12(11)20)15(23)9-19-14(22)3-2-13(21)17-19/h2-3,5,7,11-12,20H,4,6,8-9H2,1H3,(H,17,21)/t11-,12-/m1/s1. The molecule has 2 aromatic rings. The van der Waals surface area contributed by atoms with Crippen LogP contribution in [0, 0.1) is 6.92 Å². The Labute approximate surface area is 142 Å². The molecule has 3 rings (SSSR count). The molecule has 0 unspecified atom stereocenters. The van der Waals surface area contributed by atoms with Crippen molar-refractivity contribution in [3.63, 3.8) is 0 Å². The van der Waals surface area contributed by atoms with Crippen LogP contribution in [0.25, 0.3) is 0 Å². The SMILES string of the molecule is Cc1ccsc1[C@@H]1CCN(C(=O)Cn2[nH]c(=O)ccc2=O)C[C@H]1O. The molecule has 0 saturated carbocycles. The summed E-state index contributed by atoms with van der Waals surface area (Å²) < 4.78 is 0.993. The molecule has 0 aromatic carbocycles. The van der Waals surface area contributed by atoms with Crippen LogP contribution in [0.2, 0.25) is 0 Å². The normalized spacial score (nSPS) is 21.0. The van der Waals surface area contributed by atoms with E-state index in [-0.39, 0.29) is 24.9 Å². The molecule has 0 spiro atoms. The zero-order valence-electron chi connectivity index (χ0n) is 13.3. The highest BCUT2D eigenvalue weighted by Crippen LogP contribution is 2.34. The second-order valence-electron chi connectivity index (χ2n) is 6.00. The third-order valence-corrected chi connectivity index (χ3v) is 5.51. The van der Waals surface area contributed by atoms with E-state index in [9.17, 15) is 19.5 Å². The number of aryl methyl sites for hydroxylation is 1. The predicted octanol–water partition coefficient (Wildman–Crippen LogP) is 0.284. The number of likely N-dealkylation sites (tertiary alicyclic amines) is 1. The first-order valence-electron chi connectivity index (χ1n) is 7.75. The van der Waals surface area contributed by atoms with Crippen LogP contribution in [-0.2, 0) is 11.3 Å². The number of carbonyl (C=O) groups is 1. The summed E-state index contributed by atoms with van der Waals surface area (Å²) in [5, 5.41) is 14.8. The van der Waals surface area contributed by atoms with Crippen molar-refractivity contribution in [3.8, 4) is 0 Å². The van der Waals surface area contributed by atoms with Crippen LogP contribution in [0.15, 0.2) is 33.2 Å². The molecule has 0 radical (unpaired) electrons. The minimum atomic E-state index is -0.633. The predicted molar refractivity (Wildman–Crippen MR) is 90.3 cm³/mol. The van der Waals surface area contributed by atoms with Crippen molar-refractivity contribution in [2.24, 2.45) is 0 Å². The van der Waals surface area contributed by atoms with Gasteiger partial charge in [-0.3, -0.25) is 19.5 Å². The Morgan fingerprint density at radius 3 is 2.83 bits per heavy atom. The number of piperidine rings is 1. The van der Waals surface area contributed by atoms with E-state index in [0.29, 0.717) is 13.0 Å². The minimum Gasteiger partial charge on any atom is -0.391 e. The van der Waals surface area contributed by atoms with Crippen LogP contribution in [0.1, 0.15) is 22.8 Å². The molecule has 1 aliphatic rings. The van der Waals surface area contributed by atoms with Gasteiger partial charge in [0.2, 0.25) is 5.91 Å². The Bertz CT molecular complexity index is 853. The number of H-pyrrole nitrogens is 1. The Morgan fingerprint density at radius 2 is 2.17 bits per heavy atom. The Kier molecular flexibility index (Phi) is 4.68. The molecule has 0 aliphatic carbocycles. The van der Waals surface area contributed by atoms with Crippen LogP contribution < -0.4 is 11.1 Å². The molecular formula is C16H19N3O4S. The summed E-state index contributed by atoms with van der Waals surface area (Å²) in [6.45, 7) is 2.54. The van der Waals surface area contributed by atoms with Gasteiger partial charge in [-0.25, -0.2) is 4.68 Å². The number of nitrogens with one attached hydrogen (secondary N) is 1. The lowest BCUT2D eigenvalue weighted by Crippen LogP contribution is -2.47. The molecule has 24 heavy (non-hydrogen) atoms. The summed E-state index contributed by atoms with van der Waals surface area (Å²) in [6.07, 6.45) is 0.0423. The number of β-amino-alcohol motifs (C(OH)–C–C–N with tert-alkyl or cyclic N) is 1. The topological polar surface area (TPSA) is 95.4 Å². The molecule has 1 saturated heterocycles. The van der Waals surface area contributed by atoms with Gasteiger partial charge in [-0.15, -0.1) is 11.3 Å². The lowest BCUT2D eigenvalue weighted by molar-refractivity contribution is -0.135. The molecule has 1 amide bonds. The number of aliphatic hydroxyl groups is 1. The monoisotopic (exact) mass is 349 g/mol. The first-order chi connectivity index (χ1) is 11.5. The summed E-state index contributed by atoms with van der Waals surface area (Å²) in [4.78, 5) is 38.0. The number of carbonyl (C=O) groups excluding carboxylic acids is 1. The lowest BCUT2D eigenvalue weighted by Gasteiger charge is -2.36. The van der Waals surface area contributed by atoms with Crippen LogP contribution in [0.3, 0.4) is 0 Å². The number of nitrogens with zero attached hydrogens (tertiary/aromatic N) is 2. The second-order valence-corrected chi connectivity index (χ2v) is 6.95. The fourth-order valence-electron chi connectivity index (χ4n) is 3.04. The smallest absolute Gasteiger partial charge is 0.265 e. The quantitative estimate of drug-likeness (QED) is 0.832. The molecule has 2 N–H and O–H groups in total. The maximum Gasteiger partial charge on any atom is 0.265 e. The van der Waals surface area contributed by atoms with Gasteiger partial charge >= 0.3 is 0 Å². The lowest BCUT2D eigenvalue weighted by atomic mass is 9.90. The maximum absolute atomic E-state index is 12.4. The first-order valence-corrected chi connectivity index (χ1v) is 8.63. The van der Waals surface area contributed by atoms with Gasteiger partial charge in [-0.2, -0.15) is 0 Å². The zero-order valence-corrected chi connectivity index (χ0v) is 14.1. The van der Waals surface area contributed by atoms with E-state index >= 15 is 0 Å². The first kappa shape index (κ1) is 16.7. The highest BCUT2D eigenvalue weighted by molar-refractivity contribution is 7.10. The van der Waals surface area contributed by atoms with Gasteiger partial charge < -0.3 is 10.0 Å². The van der Waals surface area contributed by atoms with Crippen molar-refractivity contribution in [2.45, 2.75) is 31.9 Å². The average molecular weight is 349 g/mol. The van der Waals surface area contributed by atoms with Crippen LogP contribution in [0.5, 0.6) is 0 Å². The maximum atomic E-state index is 12.4. The highest BCUT2D eigenvalue weighted by atomic mass is 32.1. The van der Waals surface area contributed by atoms with Gasteiger partial charge in [0.15, 0.2) is 0 Å². The van der Waals surface area contributed by atoms with Crippen molar-refractivity contribution in [3.05, 3.63) is 54.7 Å².